The van der Waals surface area contributed by atoms with E-state index >= 15 is 0 Å². The van der Waals surface area contributed by atoms with Crippen LogP contribution in [0.2, 0.25) is 0 Å². The summed E-state index contributed by atoms with van der Waals surface area (Å²) in [4.78, 5) is 0. The number of hydrogen-bond acceptors (Lipinski definition) is 2. The molecule has 1 aliphatic carbocycles. The predicted molar refractivity (Wildman–Crippen MR) is 78.7 cm³/mol. The van der Waals surface area contributed by atoms with E-state index in [4.69, 9.17) is 4.74 Å². The third-order valence-corrected chi connectivity index (χ3v) is 3.98. The van der Waals surface area contributed by atoms with Crippen molar-refractivity contribution in [2.24, 2.45) is 0 Å². The zero-order valence-corrected chi connectivity index (χ0v) is 11.8. The molecule has 0 spiro atoms. The van der Waals surface area contributed by atoms with Gasteiger partial charge in [-0.1, -0.05) is 12.1 Å². The fourth-order valence-electron chi connectivity index (χ4n) is 2.76. The van der Waals surface area contributed by atoms with Crippen molar-refractivity contribution < 1.29 is 13.5 Å². The van der Waals surface area contributed by atoms with Gasteiger partial charge in [0.1, 0.15) is 5.82 Å². The Kier molecular flexibility index (Phi) is 3.78. The summed E-state index contributed by atoms with van der Waals surface area (Å²) in [6, 6.07) is 11.9. The monoisotopic (exact) mass is 289 g/mol. The van der Waals surface area contributed by atoms with E-state index < -0.39 is 0 Å². The van der Waals surface area contributed by atoms with Crippen LogP contribution in [0.25, 0.3) is 0 Å². The van der Waals surface area contributed by atoms with E-state index in [0.29, 0.717) is 12.0 Å². The maximum Gasteiger partial charge on any atom is 0.167 e. The van der Waals surface area contributed by atoms with Gasteiger partial charge < -0.3 is 10.1 Å². The van der Waals surface area contributed by atoms with Crippen LogP contribution >= 0.6 is 0 Å². The second-order valence-corrected chi connectivity index (χ2v) is 5.41. The van der Waals surface area contributed by atoms with Crippen LogP contribution in [-0.4, -0.2) is 13.2 Å². The van der Waals surface area contributed by atoms with Crippen molar-refractivity contribution in [3.63, 3.8) is 0 Å². The predicted octanol–water partition coefficient (Wildman–Crippen LogP) is 4.33. The molecular weight excluding hydrogens is 272 g/mol. The Morgan fingerprint density at radius 1 is 1.10 bits per heavy atom. The first-order chi connectivity index (χ1) is 10.2. The number of methoxy groups -OCH3 is 1. The lowest BCUT2D eigenvalue weighted by Crippen LogP contribution is -2.34. The zero-order chi connectivity index (χ0) is 14.8. The smallest absolute Gasteiger partial charge is 0.167 e. The molecule has 0 bridgehead atoms. The Balaban J connectivity index is 1.58. The number of ether oxygens (including phenoxy) is 1. The standard InChI is InChI=1S/C17H17F2NO/c1-21-17-6-5-14(10-16(17)19)20-15-8-12(9-15)11-3-2-4-13(18)7-11/h2-7,10,12,15,20H,8-9H2,1H3. The van der Waals surface area contributed by atoms with E-state index in [1.807, 2.05) is 6.07 Å². The quantitative estimate of drug-likeness (QED) is 0.904. The van der Waals surface area contributed by atoms with Gasteiger partial charge in [0, 0.05) is 17.8 Å². The molecule has 0 aliphatic heterocycles. The minimum absolute atomic E-state index is 0.193. The van der Waals surface area contributed by atoms with Crippen molar-refractivity contribution in [3.8, 4) is 5.75 Å². The molecule has 4 heteroatoms. The third kappa shape index (κ3) is 2.99. The van der Waals surface area contributed by atoms with Gasteiger partial charge in [0.2, 0.25) is 0 Å². The Bertz CT molecular complexity index is 638. The minimum atomic E-state index is -0.372. The van der Waals surface area contributed by atoms with E-state index in [2.05, 4.69) is 5.32 Å². The maximum absolute atomic E-state index is 13.6. The molecule has 0 amide bonds. The second kappa shape index (κ2) is 5.72. The molecule has 1 saturated carbocycles. The molecule has 3 rings (SSSR count). The van der Waals surface area contributed by atoms with E-state index in [1.54, 1.807) is 24.3 Å². The highest BCUT2D eigenvalue weighted by Gasteiger charge is 2.30. The van der Waals surface area contributed by atoms with Gasteiger partial charge in [-0.3, -0.25) is 0 Å². The molecule has 0 heterocycles. The van der Waals surface area contributed by atoms with Crippen molar-refractivity contribution in [1.82, 2.24) is 0 Å². The van der Waals surface area contributed by atoms with Gasteiger partial charge in [-0.25, -0.2) is 8.78 Å². The van der Waals surface area contributed by atoms with Gasteiger partial charge in [0.05, 0.1) is 7.11 Å². The molecule has 0 saturated heterocycles. The molecule has 21 heavy (non-hydrogen) atoms. The van der Waals surface area contributed by atoms with Crippen LogP contribution in [0, 0.1) is 11.6 Å². The largest absolute Gasteiger partial charge is 0.494 e. The molecule has 0 atom stereocenters. The summed E-state index contributed by atoms with van der Waals surface area (Å²) in [7, 11) is 1.45. The Labute approximate surface area is 122 Å². The summed E-state index contributed by atoms with van der Waals surface area (Å²) >= 11 is 0. The Morgan fingerprint density at radius 3 is 2.57 bits per heavy atom. The van der Waals surface area contributed by atoms with Crippen molar-refractivity contribution in [1.29, 1.82) is 0 Å². The molecule has 2 nitrogen and oxygen atoms in total. The summed E-state index contributed by atoms with van der Waals surface area (Å²) in [6.45, 7) is 0. The molecular formula is C17H17F2NO. The highest BCUT2D eigenvalue weighted by atomic mass is 19.1. The number of halogens is 2. The van der Waals surface area contributed by atoms with Crippen LogP contribution in [0.1, 0.15) is 24.3 Å². The van der Waals surface area contributed by atoms with Crippen LogP contribution in [0.4, 0.5) is 14.5 Å². The molecule has 2 aromatic carbocycles. The SMILES string of the molecule is COc1ccc(NC2CC(c3cccc(F)c3)C2)cc1F. The first-order valence-electron chi connectivity index (χ1n) is 7.01. The summed E-state index contributed by atoms with van der Waals surface area (Å²) in [6.07, 6.45) is 1.86. The highest BCUT2D eigenvalue weighted by Crippen LogP contribution is 2.38. The van der Waals surface area contributed by atoms with Crippen LogP contribution in [0.3, 0.4) is 0 Å². The van der Waals surface area contributed by atoms with Crippen molar-refractivity contribution in [3.05, 3.63) is 59.7 Å². The maximum atomic E-state index is 13.6. The van der Waals surface area contributed by atoms with E-state index in [-0.39, 0.29) is 17.4 Å². The first-order valence-corrected chi connectivity index (χ1v) is 7.01. The lowest BCUT2D eigenvalue weighted by Gasteiger charge is -2.37. The normalized spacial score (nSPS) is 20.7. The molecule has 0 radical (unpaired) electrons. The number of anilines is 1. The van der Waals surface area contributed by atoms with E-state index in [1.165, 1.54) is 19.2 Å². The fourth-order valence-corrected chi connectivity index (χ4v) is 2.76. The topological polar surface area (TPSA) is 21.3 Å². The molecule has 1 fully saturated rings. The lowest BCUT2D eigenvalue weighted by atomic mass is 9.76. The highest BCUT2D eigenvalue weighted by molar-refractivity contribution is 5.48. The van der Waals surface area contributed by atoms with Crippen molar-refractivity contribution in [2.75, 3.05) is 12.4 Å². The van der Waals surface area contributed by atoms with Gasteiger partial charge in [-0.15, -0.1) is 0 Å². The van der Waals surface area contributed by atoms with Crippen LogP contribution in [0.5, 0.6) is 5.75 Å². The van der Waals surface area contributed by atoms with Crippen LogP contribution in [0.15, 0.2) is 42.5 Å². The van der Waals surface area contributed by atoms with Gasteiger partial charge in [0.25, 0.3) is 0 Å². The summed E-state index contributed by atoms with van der Waals surface area (Å²) in [5, 5.41) is 3.30. The number of hydrogen-bond donors (Lipinski definition) is 1. The van der Waals surface area contributed by atoms with E-state index in [0.717, 1.165) is 24.1 Å². The molecule has 0 aromatic heterocycles. The summed E-state index contributed by atoms with van der Waals surface area (Å²) in [5.41, 5.74) is 1.78. The van der Waals surface area contributed by atoms with Crippen LogP contribution in [-0.2, 0) is 0 Å². The third-order valence-electron chi connectivity index (χ3n) is 3.98. The molecule has 2 aromatic rings. The Hall–Kier alpha value is -2.10. The second-order valence-electron chi connectivity index (χ2n) is 5.41. The average Bonchev–Trinajstić information content (AvgIpc) is 2.42. The molecule has 1 N–H and O–H groups in total. The van der Waals surface area contributed by atoms with Crippen molar-refractivity contribution >= 4 is 5.69 Å². The number of rotatable bonds is 4. The zero-order valence-electron chi connectivity index (χ0n) is 11.8. The van der Waals surface area contributed by atoms with Gasteiger partial charge in [-0.05, 0) is 48.6 Å². The fraction of sp³-hybridized carbons (Fsp3) is 0.294. The average molecular weight is 289 g/mol. The van der Waals surface area contributed by atoms with Gasteiger partial charge in [0.15, 0.2) is 11.6 Å². The summed E-state index contributed by atoms with van der Waals surface area (Å²) in [5.74, 6) is 0.0535. The van der Waals surface area contributed by atoms with Gasteiger partial charge in [-0.2, -0.15) is 0 Å². The molecule has 0 unspecified atom stereocenters. The Morgan fingerprint density at radius 2 is 1.90 bits per heavy atom. The summed E-state index contributed by atoms with van der Waals surface area (Å²) < 4.78 is 31.7. The lowest BCUT2D eigenvalue weighted by molar-refractivity contribution is 0.372. The number of nitrogens with one attached hydrogen (secondary N) is 1. The number of benzene rings is 2. The van der Waals surface area contributed by atoms with Crippen LogP contribution < -0.4 is 10.1 Å². The van der Waals surface area contributed by atoms with E-state index in [9.17, 15) is 8.78 Å². The van der Waals surface area contributed by atoms with Crippen molar-refractivity contribution in [2.45, 2.75) is 24.8 Å². The molecule has 1 aliphatic rings. The first kappa shape index (κ1) is 13.9. The van der Waals surface area contributed by atoms with Gasteiger partial charge >= 0.3 is 0 Å². The molecule has 110 valence electrons. The minimum Gasteiger partial charge on any atom is -0.494 e.